The number of imidazole rings is 1. The maximum Gasteiger partial charge on any atom is 0.269 e. The highest BCUT2D eigenvalue weighted by atomic mass is 16.5. The number of para-hydroxylation sites is 3. The van der Waals surface area contributed by atoms with E-state index in [9.17, 15) is 0 Å². The molecule has 0 bridgehead atoms. The van der Waals surface area contributed by atoms with Crippen LogP contribution in [0.5, 0.6) is 5.75 Å². The second-order valence-electron chi connectivity index (χ2n) is 13.4. The summed E-state index contributed by atoms with van der Waals surface area (Å²) in [7, 11) is 0. The van der Waals surface area contributed by atoms with Crippen LogP contribution in [-0.2, 0) is 5.41 Å². The van der Waals surface area contributed by atoms with Gasteiger partial charge in [-0.3, -0.25) is 14.1 Å². The quantitative estimate of drug-likeness (QED) is 0.143. The van der Waals surface area contributed by atoms with Crippen molar-refractivity contribution >= 4 is 34.0 Å². The van der Waals surface area contributed by atoms with E-state index in [-0.39, 0.29) is 5.41 Å². The summed E-state index contributed by atoms with van der Waals surface area (Å²) in [6.45, 7) is 6.61. The lowest BCUT2D eigenvalue weighted by molar-refractivity contribution is -0.572. The molecule has 236 valence electrons. The molecule has 1 aliphatic carbocycles. The molecule has 0 spiro atoms. The summed E-state index contributed by atoms with van der Waals surface area (Å²) in [5.74, 6) is 2.22. The molecule has 8 aromatic rings. The molecule has 0 atom stereocenters. The highest BCUT2D eigenvalue weighted by molar-refractivity contribution is 6.03. The molecule has 0 saturated heterocycles. The average Bonchev–Trinajstić information content (AvgIpc) is 3.70. The topological polar surface area (TPSA) is 44.1 Å². The molecule has 5 nitrogen and oxygen atoms in total. The van der Waals surface area contributed by atoms with Gasteiger partial charge in [0.05, 0.1) is 28.0 Å². The minimum absolute atomic E-state index is 0.127. The first-order valence-corrected chi connectivity index (χ1v) is 16.6. The standard InChI is InChI=1S/C44H33N3O2/c1-44(2,3)37-24-25-45-41-36-27-40(34-20-9-7-18-32(34)33-19-8-10-21-35(33)42(36)49-43(37)41)48-31-17-13-16-30(26-31)47-28-46(29-14-5-4-6-15-29)38-22-11-12-23-39(38)47/h4-27H,1-3H3. The van der Waals surface area contributed by atoms with Crippen molar-refractivity contribution in [1.29, 1.82) is 0 Å². The molecule has 0 amide bonds. The van der Waals surface area contributed by atoms with Crippen molar-refractivity contribution in [1.82, 2.24) is 9.55 Å². The predicted molar refractivity (Wildman–Crippen MR) is 196 cm³/mol. The van der Waals surface area contributed by atoms with Gasteiger partial charge in [0.15, 0.2) is 5.58 Å². The molecule has 49 heavy (non-hydrogen) atoms. The van der Waals surface area contributed by atoms with Gasteiger partial charge in [-0.2, -0.15) is 0 Å². The van der Waals surface area contributed by atoms with Gasteiger partial charge in [0.2, 0.25) is 0 Å². The Labute approximate surface area is 285 Å². The third-order valence-electron chi connectivity index (χ3n) is 9.23. The van der Waals surface area contributed by atoms with E-state index >= 15 is 0 Å². The molecule has 3 aromatic heterocycles. The van der Waals surface area contributed by atoms with Gasteiger partial charge in [-0.05, 0) is 59.0 Å². The fourth-order valence-corrected chi connectivity index (χ4v) is 6.91. The maximum absolute atomic E-state index is 6.93. The molecule has 0 aliphatic heterocycles. The van der Waals surface area contributed by atoms with E-state index in [2.05, 4.69) is 145 Å². The van der Waals surface area contributed by atoms with Crippen LogP contribution in [0, 0.1) is 6.33 Å². The first-order chi connectivity index (χ1) is 23.9. The van der Waals surface area contributed by atoms with Crippen LogP contribution in [0.2, 0.25) is 0 Å². The third kappa shape index (κ3) is 4.85. The number of pyridine rings is 1. The molecule has 0 fully saturated rings. The number of furan rings is 1. The zero-order chi connectivity index (χ0) is 33.1. The summed E-state index contributed by atoms with van der Waals surface area (Å²) in [4.78, 5) is 4.88. The number of rotatable bonds is 4. The largest absolute Gasteiger partial charge is 0.457 e. The normalized spacial score (nSPS) is 12.5. The summed E-state index contributed by atoms with van der Waals surface area (Å²) in [5.41, 5.74) is 11.8. The Morgan fingerprint density at radius 2 is 1.41 bits per heavy atom. The summed E-state index contributed by atoms with van der Waals surface area (Å²) in [6.07, 6.45) is 7.57. The van der Waals surface area contributed by atoms with Crippen molar-refractivity contribution in [2.45, 2.75) is 26.2 Å². The van der Waals surface area contributed by atoms with Gasteiger partial charge in [-0.1, -0.05) is 118 Å². The molecule has 1 aliphatic rings. The van der Waals surface area contributed by atoms with Crippen molar-refractivity contribution < 1.29 is 13.7 Å². The van der Waals surface area contributed by atoms with Crippen molar-refractivity contribution in [3.05, 3.63) is 163 Å². The molecule has 0 saturated carbocycles. The van der Waals surface area contributed by atoms with Crippen molar-refractivity contribution in [3.63, 3.8) is 0 Å². The van der Waals surface area contributed by atoms with E-state index in [1.807, 2.05) is 36.5 Å². The Morgan fingerprint density at radius 3 is 2.20 bits per heavy atom. The number of hydrogen-bond acceptors (Lipinski definition) is 3. The third-order valence-corrected chi connectivity index (χ3v) is 9.23. The molecular weight excluding hydrogens is 603 g/mol. The summed E-state index contributed by atoms with van der Waals surface area (Å²) in [6, 6.07) is 45.7. The summed E-state index contributed by atoms with van der Waals surface area (Å²) >= 11 is 0. The first-order valence-electron chi connectivity index (χ1n) is 16.6. The zero-order valence-corrected chi connectivity index (χ0v) is 27.5. The van der Waals surface area contributed by atoms with Gasteiger partial charge >= 0.3 is 0 Å². The molecular formula is C44H33N3O2. The van der Waals surface area contributed by atoms with Crippen LogP contribution in [-0.4, -0.2) is 9.55 Å². The van der Waals surface area contributed by atoms with Crippen LogP contribution in [0.4, 0.5) is 0 Å². The number of ether oxygens (including phenoxy) is 1. The van der Waals surface area contributed by atoms with E-state index in [4.69, 9.17) is 14.1 Å². The second kappa shape index (κ2) is 11.2. The minimum Gasteiger partial charge on any atom is -0.457 e. The number of benzene rings is 5. The Hall–Kier alpha value is -6.20. The van der Waals surface area contributed by atoms with E-state index in [1.54, 1.807) is 0 Å². The summed E-state index contributed by atoms with van der Waals surface area (Å²) in [5, 5.41) is 0. The molecule has 3 heterocycles. The number of nitrogens with zero attached hydrogens (tertiary/aromatic N) is 3. The SMILES string of the molecule is CC(C)(C)c1ccnc2c3c(oc12)-c1ccccc1-c1ccccc1C(Oc1cccc(-[n+]2[c-]n(-c4ccccc4)c4ccccc42)c1)=C3. The lowest BCUT2D eigenvalue weighted by atomic mass is 9.86. The lowest BCUT2D eigenvalue weighted by Crippen LogP contribution is -2.29. The van der Waals surface area contributed by atoms with Gasteiger partial charge in [-0.15, -0.1) is 0 Å². The smallest absolute Gasteiger partial charge is 0.269 e. The minimum atomic E-state index is -0.127. The van der Waals surface area contributed by atoms with Gasteiger partial charge < -0.3 is 9.15 Å². The van der Waals surface area contributed by atoms with Gasteiger partial charge in [-0.25, -0.2) is 0 Å². The highest BCUT2D eigenvalue weighted by Crippen LogP contribution is 2.46. The highest BCUT2D eigenvalue weighted by Gasteiger charge is 2.28. The van der Waals surface area contributed by atoms with Crippen molar-refractivity contribution in [2.24, 2.45) is 0 Å². The number of hydrogen-bond donors (Lipinski definition) is 0. The van der Waals surface area contributed by atoms with E-state index < -0.39 is 0 Å². The van der Waals surface area contributed by atoms with E-state index in [0.717, 1.165) is 78.4 Å². The van der Waals surface area contributed by atoms with Crippen LogP contribution in [0.3, 0.4) is 0 Å². The van der Waals surface area contributed by atoms with Crippen LogP contribution in [0.1, 0.15) is 37.5 Å². The van der Waals surface area contributed by atoms with E-state index in [1.165, 1.54) is 0 Å². The van der Waals surface area contributed by atoms with Crippen LogP contribution >= 0.6 is 0 Å². The van der Waals surface area contributed by atoms with Gasteiger partial charge in [0.1, 0.15) is 22.8 Å². The lowest BCUT2D eigenvalue weighted by Gasteiger charge is -2.19. The van der Waals surface area contributed by atoms with Crippen molar-refractivity contribution in [3.8, 4) is 39.6 Å². The van der Waals surface area contributed by atoms with Gasteiger partial charge in [0.25, 0.3) is 6.33 Å². The second-order valence-corrected chi connectivity index (χ2v) is 13.4. The first kappa shape index (κ1) is 29.0. The Morgan fingerprint density at radius 1 is 0.714 bits per heavy atom. The van der Waals surface area contributed by atoms with E-state index in [0.29, 0.717) is 5.75 Å². The molecule has 5 heteroatoms. The maximum atomic E-state index is 6.93. The molecule has 0 unspecified atom stereocenters. The van der Waals surface area contributed by atoms with Crippen LogP contribution in [0.15, 0.2) is 144 Å². The predicted octanol–water partition coefficient (Wildman–Crippen LogP) is 10.4. The Bertz CT molecular complexity index is 2570. The molecule has 5 aromatic carbocycles. The number of aromatic nitrogens is 3. The average molecular weight is 636 g/mol. The summed E-state index contributed by atoms with van der Waals surface area (Å²) < 4.78 is 17.9. The number of fused-ring (bicyclic) bond motifs is 8. The van der Waals surface area contributed by atoms with Crippen molar-refractivity contribution in [2.75, 3.05) is 0 Å². The molecule has 0 N–H and O–H groups in total. The zero-order valence-electron chi connectivity index (χ0n) is 27.5. The van der Waals surface area contributed by atoms with Gasteiger partial charge in [0, 0.05) is 22.9 Å². The Balaban J connectivity index is 1.22. The Kier molecular flexibility index (Phi) is 6.63. The molecule has 9 rings (SSSR count). The van der Waals surface area contributed by atoms with Crippen LogP contribution in [0.25, 0.3) is 67.8 Å². The fourth-order valence-electron chi connectivity index (χ4n) is 6.91. The molecule has 0 radical (unpaired) electrons. The van der Waals surface area contributed by atoms with Crippen LogP contribution < -0.4 is 9.30 Å². The monoisotopic (exact) mass is 635 g/mol. The fraction of sp³-hybridized carbons (Fsp3) is 0.0909.